The fourth-order valence-electron chi connectivity index (χ4n) is 4.10. The van der Waals surface area contributed by atoms with Gasteiger partial charge in [-0.25, -0.2) is 22.4 Å². The van der Waals surface area contributed by atoms with Crippen molar-refractivity contribution in [2.45, 2.75) is 37.6 Å². The quantitative estimate of drug-likeness (QED) is 0.606. The van der Waals surface area contributed by atoms with Crippen LogP contribution in [0.4, 0.5) is 20.3 Å². The molecule has 3 aliphatic rings. The Hall–Kier alpha value is -2.70. The average Bonchev–Trinajstić information content (AvgIpc) is 3.10. The highest BCUT2D eigenvalue weighted by Crippen LogP contribution is 2.62. The number of nitrogens with one attached hydrogen (secondary N) is 1. The molecule has 172 valence electrons. The molecule has 3 heterocycles. The summed E-state index contributed by atoms with van der Waals surface area (Å²) < 4.78 is 55.3. The van der Waals surface area contributed by atoms with Gasteiger partial charge in [-0.1, -0.05) is 11.2 Å². The number of carbonyl (C=O) groups is 1. The molecule has 2 atom stereocenters. The number of pyridine rings is 1. The lowest BCUT2D eigenvalue weighted by Gasteiger charge is -2.41. The first-order valence-corrected chi connectivity index (χ1v) is 11.7. The second kappa shape index (κ2) is 7.42. The molecule has 1 fully saturated rings. The number of allylic oxidation sites excluding steroid dienone is 1. The second-order valence-electron chi connectivity index (χ2n) is 8.31. The highest BCUT2D eigenvalue weighted by Gasteiger charge is 2.59. The van der Waals surface area contributed by atoms with Gasteiger partial charge in [-0.05, 0) is 47.9 Å². The van der Waals surface area contributed by atoms with E-state index in [9.17, 15) is 22.7 Å². The first kappa shape index (κ1) is 21.2. The van der Waals surface area contributed by atoms with Gasteiger partial charge in [-0.2, -0.15) is 0 Å². The molecule has 2 aromatic rings. The summed E-state index contributed by atoms with van der Waals surface area (Å²) in [7, 11) is -1.93. The fourth-order valence-corrected chi connectivity index (χ4v) is 5.54. The van der Waals surface area contributed by atoms with E-state index in [1.807, 2.05) is 6.08 Å². The lowest BCUT2D eigenvalue weighted by molar-refractivity contribution is 0.0925. The van der Waals surface area contributed by atoms with E-state index in [0.29, 0.717) is 36.5 Å². The van der Waals surface area contributed by atoms with Gasteiger partial charge in [-0.15, -0.1) is 0 Å². The van der Waals surface area contributed by atoms with Crippen molar-refractivity contribution in [1.82, 2.24) is 15.5 Å². The van der Waals surface area contributed by atoms with Gasteiger partial charge in [-0.3, -0.25) is 13.9 Å². The Morgan fingerprint density at radius 1 is 1.38 bits per heavy atom. The van der Waals surface area contributed by atoms with Gasteiger partial charge in [0, 0.05) is 38.0 Å². The van der Waals surface area contributed by atoms with Crippen LogP contribution in [0.25, 0.3) is 5.57 Å². The van der Waals surface area contributed by atoms with Gasteiger partial charge in [0.15, 0.2) is 11.5 Å². The molecule has 1 amide bonds. The standard InChI is InChI=1S/C20H23F2N5O4S/c1-26-18-17(27(32(26,29)30)11-13-10-20(13,21)22)7-6-15(24-18)12-2-4-14(5-3-12)23-19(28)16-8-9-31-25-16/h2,6-9,13-14,29-30H,3-5,10-11H2,1H3,(H,23,28). The van der Waals surface area contributed by atoms with Crippen LogP contribution in [-0.2, 0) is 0 Å². The number of carbonyl (C=O) groups excluding carboxylic acids is 1. The van der Waals surface area contributed by atoms with Crippen molar-refractivity contribution in [2.24, 2.45) is 5.92 Å². The van der Waals surface area contributed by atoms with Crippen LogP contribution in [0.3, 0.4) is 0 Å². The normalized spacial score (nSPS) is 26.3. The van der Waals surface area contributed by atoms with Crippen LogP contribution < -0.4 is 13.9 Å². The number of fused-ring (bicyclic) bond motifs is 1. The van der Waals surface area contributed by atoms with Crippen molar-refractivity contribution >= 4 is 33.9 Å². The summed E-state index contributed by atoms with van der Waals surface area (Å²) in [5, 5.41) is 6.55. The van der Waals surface area contributed by atoms with Crippen molar-refractivity contribution in [3.8, 4) is 0 Å². The fraction of sp³-hybridized carbons (Fsp3) is 0.450. The molecule has 2 aromatic heterocycles. The Morgan fingerprint density at radius 3 is 2.78 bits per heavy atom. The van der Waals surface area contributed by atoms with Gasteiger partial charge >= 0.3 is 0 Å². The van der Waals surface area contributed by atoms with Gasteiger partial charge in [0.1, 0.15) is 12.0 Å². The highest BCUT2D eigenvalue weighted by atomic mass is 32.3. The Labute approximate surface area is 184 Å². The summed E-state index contributed by atoms with van der Waals surface area (Å²) >= 11 is 0. The third kappa shape index (κ3) is 3.61. The smallest absolute Gasteiger partial charge is 0.273 e. The first-order valence-electron chi connectivity index (χ1n) is 10.3. The SMILES string of the molecule is CN1c2nc(C3=CCC(NC(=O)c4ccon4)CC3)ccc2N(CC2CC2(F)F)S1(O)O. The molecule has 0 spiro atoms. The van der Waals surface area contributed by atoms with Gasteiger partial charge < -0.3 is 9.84 Å². The molecule has 1 saturated carbocycles. The zero-order chi connectivity index (χ0) is 22.7. The number of aromatic nitrogens is 2. The molecule has 0 saturated heterocycles. The maximum atomic E-state index is 13.4. The largest absolute Gasteiger partial charge is 0.364 e. The Morgan fingerprint density at radius 2 is 2.16 bits per heavy atom. The molecule has 0 aromatic carbocycles. The van der Waals surface area contributed by atoms with Crippen molar-refractivity contribution in [2.75, 3.05) is 22.2 Å². The molecular weight excluding hydrogens is 444 g/mol. The number of halogens is 2. The minimum Gasteiger partial charge on any atom is -0.364 e. The zero-order valence-corrected chi connectivity index (χ0v) is 18.1. The van der Waals surface area contributed by atoms with Gasteiger partial charge in [0.25, 0.3) is 11.8 Å². The Kier molecular flexibility index (Phi) is 4.91. The molecule has 9 nitrogen and oxygen atoms in total. The number of hydrogen-bond acceptors (Lipinski definition) is 8. The summed E-state index contributed by atoms with van der Waals surface area (Å²) in [6, 6.07) is 4.94. The summed E-state index contributed by atoms with van der Waals surface area (Å²) in [5.41, 5.74) is 2.34. The molecule has 3 N–H and O–H groups in total. The predicted octanol–water partition coefficient (Wildman–Crippen LogP) is 3.93. The zero-order valence-electron chi connectivity index (χ0n) is 17.2. The van der Waals surface area contributed by atoms with E-state index in [-0.39, 0.29) is 30.6 Å². The molecule has 2 aliphatic carbocycles. The number of nitrogens with zero attached hydrogens (tertiary/aromatic N) is 4. The number of anilines is 2. The van der Waals surface area contributed by atoms with E-state index in [2.05, 4.69) is 15.5 Å². The minimum atomic E-state index is -3.43. The molecule has 32 heavy (non-hydrogen) atoms. The molecule has 2 unspecified atom stereocenters. The monoisotopic (exact) mass is 467 g/mol. The maximum absolute atomic E-state index is 13.4. The van der Waals surface area contributed by atoms with Crippen molar-refractivity contribution < 1.29 is 27.2 Å². The second-order valence-corrected chi connectivity index (χ2v) is 10.3. The van der Waals surface area contributed by atoms with Crippen molar-refractivity contribution in [3.05, 3.63) is 41.9 Å². The van der Waals surface area contributed by atoms with Crippen LogP contribution in [0.2, 0.25) is 0 Å². The third-order valence-electron chi connectivity index (χ3n) is 6.17. The minimum absolute atomic E-state index is 0.0391. The summed E-state index contributed by atoms with van der Waals surface area (Å²) in [5.74, 6) is -3.58. The average molecular weight is 467 g/mol. The lowest BCUT2D eigenvalue weighted by Crippen LogP contribution is -2.35. The topological polar surface area (TPSA) is 115 Å². The molecule has 5 rings (SSSR count). The number of hydrogen-bond donors (Lipinski definition) is 3. The molecule has 0 radical (unpaired) electrons. The summed E-state index contributed by atoms with van der Waals surface area (Å²) in [6.07, 6.45) is 5.10. The van der Waals surface area contributed by atoms with Crippen LogP contribution in [-0.4, -0.2) is 50.7 Å². The van der Waals surface area contributed by atoms with Gasteiger partial charge in [0.2, 0.25) is 0 Å². The van der Waals surface area contributed by atoms with Crippen molar-refractivity contribution in [1.29, 1.82) is 0 Å². The number of rotatable bonds is 5. The summed E-state index contributed by atoms with van der Waals surface area (Å²) in [6.45, 7) is -0.136. The third-order valence-corrected chi connectivity index (χ3v) is 8.02. The van der Waals surface area contributed by atoms with Crippen LogP contribution in [0.15, 0.2) is 35.1 Å². The van der Waals surface area contributed by atoms with Crippen molar-refractivity contribution in [3.63, 3.8) is 0 Å². The van der Waals surface area contributed by atoms with E-state index in [4.69, 9.17) is 4.52 Å². The molecular formula is C20H23F2N5O4S. The lowest BCUT2D eigenvalue weighted by atomic mass is 9.93. The predicted molar refractivity (Wildman–Crippen MR) is 115 cm³/mol. The Balaban J connectivity index is 1.31. The first-order chi connectivity index (χ1) is 15.2. The summed E-state index contributed by atoms with van der Waals surface area (Å²) in [4.78, 5) is 16.7. The molecule has 0 bridgehead atoms. The van der Waals surface area contributed by atoms with E-state index in [0.717, 1.165) is 5.57 Å². The highest BCUT2D eigenvalue weighted by molar-refractivity contribution is 8.26. The van der Waals surface area contributed by atoms with Crippen LogP contribution in [0.5, 0.6) is 0 Å². The van der Waals surface area contributed by atoms with Crippen LogP contribution >= 0.6 is 11.0 Å². The molecule has 1 aliphatic heterocycles. The number of alkyl halides is 2. The molecule has 12 heteroatoms. The van der Waals surface area contributed by atoms with E-state index in [1.54, 1.807) is 12.1 Å². The van der Waals surface area contributed by atoms with Crippen LogP contribution in [0.1, 0.15) is 41.9 Å². The van der Waals surface area contributed by atoms with E-state index in [1.165, 1.54) is 28.0 Å². The maximum Gasteiger partial charge on any atom is 0.273 e. The number of amides is 1. The Bertz CT molecular complexity index is 1080. The van der Waals surface area contributed by atoms with Crippen LogP contribution in [0, 0.1) is 5.92 Å². The van der Waals surface area contributed by atoms with E-state index < -0.39 is 22.8 Å². The van der Waals surface area contributed by atoms with Gasteiger partial charge in [0.05, 0.1) is 5.69 Å². The van der Waals surface area contributed by atoms with E-state index >= 15 is 0 Å².